The number of aryl methyl sites for hydroxylation is 1. The van der Waals surface area contributed by atoms with E-state index in [1.807, 2.05) is 19.1 Å². The monoisotopic (exact) mass is 492 g/mol. The van der Waals surface area contributed by atoms with Crippen LogP contribution in [0, 0.1) is 6.92 Å². The molecule has 2 aromatic heterocycles. The lowest BCUT2D eigenvalue weighted by Crippen LogP contribution is -2.41. The second kappa shape index (κ2) is 10.3. The molecule has 2 aromatic carbocycles. The minimum absolute atomic E-state index is 0.0934. The summed E-state index contributed by atoms with van der Waals surface area (Å²) in [4.78, 5) is 42.5. The number of rotatable bonds is 8. The summed E-state index contributed by atoms with van der Waals surface area (Å²) in [6.45, 7) is 3.77. The Labute approximate surface area is 205 Å². The lowest BCUT2D eigenvalue weighted by Gasteiger charge is -2.10. The second-order valence-corrected chi connectivity index (χ2v) is 7.71. The summed E-state index contributed by atoms with van der Waals surface area (Å²) in [6, 6.07) is 12.2. The van der Waals surface area contributed by atoms with Crippen LogP contribution in [0.4, 0.5) is 0 Å². The van der Waals surface area contributed by atoms with Crippen molar-refractivity contribution in [2.75, 3.05) is 14.2 Å². The third kappa shape index (κ3) is 4.73. The summed E-state index contributed by atoms with van der Waals surface area (Å²) < 4.78 is 17.7. The van der Waals surface area contributed by atoms with E-state index in [9.17, 15) is 14.4 Å². The highest BCUT2D eigenvalue weighted by Crippen LogP contribution is 2.23. The summed E-state index contributed by atoms with van der Waals surface area (Å²) >= 11 is 0. The quantitative estimate of drug-likeness (QED) is 0.389. The maximum Gasteiger partial charge on any atom is 0.352 e. The highest BCUT2D eigenvalue weighted by molar-refractivity contribution is 5.89. The van der Waals surface area contributed by atoms with Crippen molar-refractivity contribution in [1.82, 2.24) is 29.8 Å². The Bertz CT molecular complexity index is 1520. The van der Waals surface area contributed by atoms with Crippen LogP contribution in [-0.4, -0.2) is 44.6 Å². The highest BCUT2D eigenvalue weighted by atomic mass is 16.5. The summed E-state index contributed by atoms with van der Waals surface area (Å²) in [7, 11) is 3.05. The van der Waals surface area contributed by atoms with Crippen LogP contribution in [0.2, 0.25) is 0 Å². The molecule has 12 heteroatoms. The molecule has 2 heterocycles. The molecule has 0 bridgehead atoms. The Morgan fingerprint density at radius 2 is 1.83 bits per heavy atom. The number of hydrogen-bond acceptors (Lipinski definition) is 9. The van der Waals surface area contributed by atoms with Gasteiger partial charge in [-0.1, -0.05) is 22.9 Å². The molecule has 0 fully saturated rings. The van der Waals surface area contributed by atoms with Crippen molar-refractivity contribution >= 4 is 5.91 Å². The Hall–Kier alpha value is -4.74. The standard InChI is InChI=1S/C24H24N6O6/c1-5-29-23(32)19(27-30(24(29)33)16-8-6-14(2)7-9-16)20-26-22(36-28-20)21(31)25-13-15-12-17(34-3)10-11-18(15)35-4/h6-12H,5,13H2,1-4H3,(H,25,31). The molecule has 4 aromatic rings. The minimum atomic E-state index is -0.695. The molecule has 0 atom stereocenters. The van der Waals surface area contributed by atoms with Gasteiger partial charge in [-0.25, -0.2) is 4.79 Å². The van der Waals surface area contributed by atoms with Crippen LogP contribution in [0.25, 0.3) is 17.2 Å². The molecule has 0 aliphatic carbocycles. The number of amides is 1. The van der Waals surface area contributed by atoms with E-state index in [1.54, 1.807) is 37.3 Å². The molecule has 0 radical (unpaired) electrons. The average molecular weight is 492 g/mol. The van der Waals surface area contributed by atoms with Gasteiger partial charge in [0.25, 0.3) is 5.56 Å². The predicted octanol–water partition coefficient (Wildman–Crippen LogP) is 1.72. The fourth-order valence-electron chi connectivity index (χ4n) is 3.47. The number of nitrogens with zero attached hydrogens (tertiary/aromatic N) is 5. The van der Waals surface area contributed by atoms with E-state index in [4.69, 9.17) is 14.0 Å². The number of methoxy groups -OCH3 is 2. The molecule has 0 saturated heterocycles. The first kappa shape index (κ1) is 24.4. The summed E-state index contributed by atoms with van der Waals surface area (Å²) in [6.07, 6.45) is 0. The van der Waals surface area contributed by atoms with Gasteiger partial charge in [-0.2, -0.15) is 14.8 Å². The normalized spacial score (nSPS) is 10.8. The largest absolute Gasteiger partial charge is 0.497 e. The Balaban J connectivity index is 1.64. The number of benzene rings is 2. The lowest BCUT2D eigenvalue weighted by atomic mass is 10.2. The van der Waals surface area contributed by atoms with E-state index in [1.165, 1.54) is 14.2 Å². The highest BCUT2D eigenvalue weighted by Gasteiger charge is 2.22. The molecule has 1 N–H and O–H groups in total. The van der Waals surface area contributed by atoms with Crippen molar-refractivity contribution in [2.24, 2.45) is 0 Å². The van der Waals surface area contributed by atoms with Crippen LogP contribution in [-0.2, 0) is 13.1 Å². The van der Waals surface area contributed by atoms with Crippen molar-refractivity contribution in [3.05, 3.63) is 80.3 Å². The van der Waals surface area contributed by atoms with Crippen LogP contribution in [0.15, 0.2) is 56.6 Å². The van der Waals surface area contributed by atoms with Crippen LogP contribution in [0.1, 0.15) is 28.7 Å². The van der Waals surface area contributed by atoms with Gasteiger partial charge in [0.1, 0.15) is 11.5 Å². The van der Waals surface area contributed by atoms with Gasteiger partial charge in [-0.15, -0.1) is 0 Å². The molecule has 0 spiro atoms. The van der Waals surface area contributed by atoms with Gasteiger partial charge in [0.05, 0.1) is 19.9 Å². The number of carbonyl (C=O) groups excluding carboxylic acids is 1. The number of ether oxygens (including phenoxy) is 2. The van der Waals surface area contributed by atoms with Gasteiger partial charge in [-0.3, -0.25) is 14.2 Å². The molecule has 0 aliphatic rings. The van der Waals surface area contributed by atoms with Crippen molar-refractivity contribution < 1.29 is 18.8 Å². The van der Waals surface area contributed by atoms with Crippen molar-refractivity contribution in [3.8, 4) is 28.7 Å². The maximum atomic E-state index is 12.9. The number of aromatic nitrogens is 5. The molecule has 12 nitrogen and oxygen atoms in total. The molecular formula is C24H24N6O6. The first-order valence-electron chi connectivity index (χ1n) is 11.0. The predicted molar refractivity (Wildman–Crippen MR) is 129 cm³/mol. The third-order valence-corrected chi connectivity index (χ3v) is 5.41. The van der Waals surface area contributed by atoms with Crippen LogP contribution < -0.4 is 26.0 Å². The minimum Gasteiger partial charge on any atom is -0.497 e. The van der Waals surface area contributed by atoms with Gasteiger partial charge in [0.2, 0.25) is 5.82 Å². The fraction of sp³-hybridized carbons (Fsp3) is 0.250. The Kier molecular flexibility index (Phi) is 6.95. The lowest BCUT2D eigenvalue weighted by molar-refractivity contribution is 0.0906. The van der Waals surface area contributed by atoms with E-state index in [0.29, 0.717) is 22.7 Å². The molecular weight excluding hydrogens is 468 g/mol. The maximum absolute atomic E-state index is 12.9. The average Bonchev–Trinajstić information content (AvgIpc) is 3.38. The molecule has 0 aliphatic heterocycles. The number of hydrogen-bond donors (Lipinski definition) is 1. The molecule has 1 amide bonds. The van der Waals surface area contributed by atoms with Gasteiger partial charge >= 0.3 is 17.5 Å². The van der Waals surface area contributed by atoms with Crippen LogP contribution in [0.3, 0.4) is 0 Å². The first-order chi connectivity index (χ1) is 17.4. The number of nitrogens with one attached hydrogen (secondary N) is 1. The van der Waals surface area contributed by atoms with Crippen LogP contribution in [0.5, 0.6) is 11.5 Å². The zero-order chi connectivity index (χ0) is 25.8. The third-order valence-electron chi connectivity index (χ3n) is 5.41. The van der Waals surface area contributed by atoms with Gasteiger partial charge in [0.15, 0.2) is 5.69 Å². The van der Waals surface area contributed by atoms with E-state index in [2.05, 4.69) is 20.6 Å². The van der Waals surface area contributed by atoms with E-state index < -0.39 is 17.2 Å². The molecule has 0 saturated carbocycles. The molecule has 186 valence electrons. The number of carbonyl (C=O) groups is 1. The van der Waals surface area contributed by atoms with Crippen LogP contribution >= 0.6 is 0 Å². The summed E-state index contributed by atoms with van der Waals surface area (Å²) in [5, 5.41) is 10.6. The van der Waals surface area contributed by atoms with Crippen molar-refractivity contribution in [3.63, 3.8) is 0 Å². The SMILES string of the molecule is CCn1c(=O)c(-c2noc(C(=O)NCc3cc(OC)ccc3OC)n2)nn(-c2ccc(C)cc2)c1=O. The first-order valence-corrected chi connectivity index (χ1v) is 11.0. The summed E-state index contributed by atoms with van der Waals surface area (Å²) in [5.74, 6) is -0.0928. The molecule has 4 rings (SSSR count). The van der Waals surface area contributed by atoms with Crippen molar-refractivity contribution in [2.45, 2.75) is 26.9 Å². The fourth-order valence-corrected chi connectivity index (χ4v) is 3.47. The van der Waals surface area contributed by atoms with E-state index in [-0.39, 0.29) is 30.5 Å². The smallest absolute Gasteiger partial charge is 0.352 e. The zero-order valence-electron chi connectivity index (χ0n) is 20.1. The van der Waals surface area contributed by atoms with Gasteiger partial charge in [0, 0.05) is 18.7 Å². The summed E-state index contributed by atoms with van der Waals surface area (Å²) in [5.41, 5.74) is 0.597. The van der Waals surface area contributed by atoms with Gasteiger partial charge < -0.3 is 19.3 Å². The Morgan fingerprint density at radius 1 is 1.08 bits per heavy atom. The zero-order valence-corrected chi connectivity index (χ0v) is 20.1. The van der Waals surface area contributed by atoms with Crippen molar-refractivity contribution in [1.29, 1.82) is 0 Å². The van der Waals surface area contributed by atoms with E-state index in [0.717, 1.165) is 14.8 Å². The second-order valence-electron chi connectivity index (χ2n) is 7.71. The molecule has 36 heavy (non-hydrogen) atoms. The molecule has 0 unspecified atom stereocenters. The van der Waals surface area contributed by atoms with Gasteiger partial charge in [-0.05, 0) is 44.2 Å². The Morgan fingerprint density at radius 3 is 2.50 bits per heavy atom. The van der Waals surface area contributed by atoms with E-state index >= 15 is 0 Å². The topological polar surface area (TPSA) is 143 Å².